The molecule has 1 N–H and O–H groups in total. The number of benzene rings is 1. The molecule has 1 saturated heterocycles. The monoisotopic (exact) mass is 446 g/mol. The summed E-state index contributed by atoms with van der Waals surface area (Å²) in [5.74, 6) is 1.30. The number of nitrogens with zero attached hydrogens (tertiary/aromatic N) is 5. The second-order valence-corrected chi connectivity index (χ2v) is 8.22. The van der Waals surface area contributed by atoms with Crippen molar-refractivity contribution in [2.24, 2.45) is 0 Å². The lowest BCUT2D eigenvalue weighted by Crippen LogP contribution is -2.38. The van der Waals surface area contributed by atoms with Crippen molar-refractivity contribution < 1.29 is 9.13 Å². The summed E-state index contributed by atoms with van der Waals surface area (Å²) in [4.78, 5) is 15.9. The lowest BCUT2D eigenvalue weighted by Gasteiger charge is -2.32. The van der Waals surface area contributed by atoms with Crippen molar-refractivity contribution in [2.45, 2.75) is 32.5 Å². The van der Waals surface area contributed by atoms with Crippen LogP contribution in [-0.2, 0) is 17.8 Å². The maximum Gasteiger partial charge on any atom is 0.141 e. The zero-order valence-corrected chi connectivity index (χ0v) is 18.6. The van der Waals surface area contributed by atoms with Crippen LogP contribution in [-0.4, -0.2) is 44.1 Å². The molecule has 33 heavy (non-hydrogen) atoms. The molecule has 1 unspecified atom stereocenters. The number of morpholine rings is 1. The van der Waals surface area contributed by atoms with Gasteiger partial charge in [-0.05, 0) is 42.8 Å². The number of aryl methyl sites for hydroxylation is 1. The number of halogens is 1. The number of imidazole rings is 1. The van der Waals surface area contributed by atoms with E-state index in [1.807, 2.05) is 18.2 Å². The van der Waals surface area contributed by atoms with Crippen molar-refractivity contribution in [1.29, 1.82) is 0 Å². The average molecular weight is 447 g/mol. The van der Waals surface area contributed by atoms with Crippen LogP contribution in [0, 0.1) is 5.82 Å². The van der Waals surface area contributed by atoms with Crippen LogP contribution in [0.25, 0.3) is 11.0 Å². The molecular weight excluding hydrogens is 419 g/mol. The van der Waals surface area contributed by atoms with Gasteiger partial charge in [-0.3, -0.25) is 9.88 Å². The number of aromatic nitrogens is 4. The number of ether oxygens (including phenoxy) is 1. The normalized spacial score (nSPS) is 16.8. The van der Waals surface area contributed by atoms with Gasteiger partial charge in [0, 0.05) is 19.6 Å². The Hall–Kier alpha value is -3.36. The van der Waals surface area contributed by atoms with Gasteiger partial charge >= 0.3 is 0 Å². The zero-order chi connectivity index (χ0) is 22.6. The molecule has 1 fully saturated rings. The molecule has 1 aliphatic rings. The van der Waals surface area contributed by atoms with E-state index in [9.17, 15) is 4.39 Å². The quantitative estimate of drug-likeness (QED) is 0.444. The molecule has 0 aliphatic carbocycles. The molecule has 8 heteroatoms. The summed E-state index contributed by atoms with van der Waals surface area (Å²) >= 11 is 0. The topological polar surface area (TPSA) is 68.1 Å². The Morgan fingerprint density at radius 2 is 2.00 bits per heavy atom. The van der Waals surface area contributed by atoms with Gasteiger partial charge in [0.2, 0.25) is 0 Å². The third-order valence-electron chi connectivity index (χ3n) is 5.81. The van der Waals surface area contributed by atoms with E-state index >= 15 is 0 Å². The first kappa shape index (κ1) is 21.5. The van der Waals surface area contributed by atoms with E-state index in [4.69, 9.17) is 9.72 Å². The lowest BCUT2D eigenvalue weighted by molar-refractivity contribution is -0.0359. The van der Waals surface area contributed by atoms with Gasteiger partial charge in [0.05, 0.1) is 48.0 Å². The standard InChI is InChI=1S/C25H27FN6O/c1-2-11-32-22-6-4-3-5-20(22)30-25(32)17-31-12-13-33-23(16-31)21-9-8-19(15-27-21)29-24-10-7-18(26)14-28-24/h3-10,14-15,23H,2,11-13,16-17H2,1H3,(H,28,29). The van der Waals surface area contributed by atoms with Crippen LogP contribution in [0.4, 0.5) is 15.9 Å². The maximum absolute atomic E-state index is 13.0. The molecule has 3 aromatic heterocycles. The molecule has 0 spiro atoms. The van der Waals surface area contributed by atoms with Gasteiger partial charge in [0.1, 0.15) is 23.6 Å². The summed E-state index contributed by atoms with van der Waals surface area (Å²) in [6, 6.07) is 15.2. The summed E-state index contributed by atoms with van der Waals surface area (Å²) in [7, 11) is 0. The Kier molecular flexibility index (Phi) is 6.28. The van der Waals surface area contributed by atoms with Gasteiger partial charge in [0.25, 0.3) is 0 Å². The molecule has 4 heterocycles. The van der Waals surface area contributed by atoms with Crippen molar-refractivity contribution in [3.8, 4) is 0 Å². The van der Waals surface area contributed by atoms with Crippen LogP contribution in [0.15, 0.2) is 60.9 Å². The lowest BCUT2D eigenvalue weighted by atomic mass is 10.2. The highest BCUT2D eigenvalue weighted by atomic mass is 19.1. The van der Waals surface area contributed by atoms with Crippen molar-refractivity contribution in [1.82, 2.24) is 24.4 Å². The Morgan fingerprint density at radius 1 is 1.09 bits per heavy atom. The van der Waals surface area contributed by atoms with Crippen LogP contribution in [0.3, 0.4) is 0 Å². The molecule has 1 aliphatic heterocycles. The highest BCUT2D eigenvalue weighted by Crippen LogP contribution is 2.25. The SMILES string of the molecule is CCCn1c(CN2CCOC(c3ccc(Nc4ccc(F)cn4)cn3)C2)nc2ccccc21. The van der Waals surface area contributed by atoms with Crippen LogP contribution in [0.1, 0.15) is 31.0 Å². The molecule has 0 saturated carbocycles. The Morgan fingerprint density at radius 3 is 2.79 bits per heavy atom. The van der Waals surface area contributed by atoms with Crippen LogP contribution in [0.5, 0.6) is 0 Å². The van der Waals surface area contributed by atoms with Gasteiger partial charge in [0.15, 0.2) is 0 Å². The zero-order valence-electron chi connectivity index (χ0n) is 18.6. The summed E-state index contributed by atoms with van der Waals surface area (Å²) in [6.45, 7) is 6.21. The fourth-order valence-electron chi connectivity index (χ4n) is 4.21. The van der Waals surface area contributed by atoms with Crippen molar-refractivity contribution in [3.05, 3.63) is 78.3 Å². The molecule has 0 bridgehead atoms. The van der Waals surface area contributed by atoms with Gasteiger partial charge in [-0.2, -0.15) is 0 Å². The highest BCUT2D eigenvalue weighted by molar-refractivity contribution is 5.75. The van der Waals surface area contributed by atoms with E-state index in [-0.39, 0.29) is 11.9 Å². The molecular formula is C25H27FN6O. The molecule has 5 rings (SSSR count). The fourth-order valence-corrected chi connectivity index (χ4v) is 4.21. The number of anilines is 2. The van der Waals surface area contributed by atoms with E-state index in [1.165, 1.54) is 17.8 Å². The van der Waals surface area contributed by atoms with Crippen LogP contribution < -0.4 is 5.32 Å². The summed E-state index contributed by atoms with van der Waals surface area (Å²) in [5, 5.41) is 3.13. The predicted octanol–water partition coefficient (Wildman–Crippen LogP) is 4.69. The Labute approximate surface area is 192 Å². The number of nitrogens with one attached hydrogen (secondary N) is 1. The van der Waals surface area contributed by atoms with Gasteiger partial charge in [-0.1, -0.05) is 19.1 Å². The molecule has 1 atom stereocenters. The first-order chi connectivity index (χ1) is 16.2. The number of para-hydroxylation sites is 2. The van der Waals surface area contributed by atoms with E-state index in [1.54, 1.807) is 12.3 Å². The van der Waals surface area contributed by atoms with Crippen molar-refractivity contribution >= 4 is 22.5 Å². The van der Waals surface area contributed by atoms with Crippen molar-refractivity contribution in [3.63, 3.8) is 0 Å². The van der Waals surface area contributed by atoms with Crippen LogP contribution in [0.2, 0.25) is 0 Å². The predicted molar refractivity (Wildman–Crippen MR) is 126 cm³/mol. The molecule has 7 nitrogen and oxygen atoms in total. The maximum atomic E-state index is 13.0. The Balaban J connectivity index is 1.27. The smallest absolute Gasteiger partial charge is 0.141 e. The van der Waals surface area contributed by atoms with E-state index < -0.39 is 0 Å². The van der Waals surface area contributed by atoms with Gasteiger partial charge in [-0.15, -0.1) is 0 Å². The largest absolute Gasteiger partial charge is 0.369 e. The number of hydrogen-bond acceptors (Lipinski definition) is 6. The molecule has 0 radical (unpaired) electrons. The average Bonchev–Trinajstić information content (AvgIpc) is 3.18. The first-order valence-corrected chi connectivity index (χ1v) is 11.3. The molecule has 4 aromatic rings. The highest BCUT2D eigenvalue weighted by Gasteiger charge is 2.24. The number of rotatable bonds is 7. The Bertz CT molecular complexity index is 1210. The molecule has 170 valence electrons. The minimum atomic E-state index is -0.363. The van der Waals surface area contributed by atoms with Crippen molar-refractivity contribution in [2.75, 3.05) is 25.0 Å². The third kappa shape index (κ3) is 4.86. The second kappa shape index (κ2) is 9.64. The first-order valence-electron chi connectivity index (χ1n) is 11.3. The minimum absolute atomic E-state index is 0.0965. The van der Waals surface area contributed by atoms with E-state index in [0.717, 1.165) is 55.3 Å². The summed E-state index contributed by atoms with van der Waals surface area (Å²) in [5.41, 5.74) is 3.92. The van der Waals surface area contributed by atoms with Gasteiger partial charge < -0.3 is 14.6 Å². The van der Waals surface area contributed by atoms with Gasteiger partial charge in [-0.25, -0.2) is 14.4 Å². The fraction of sp³-hybridized carbons (Fsp3) is 0.320. The molecule has 0 amide bonds. The third-order valence-corrected chi connectivity index (χ3v) is 5.81. The minimum Gasteiger partial charge on any atom is -0.369 e. The number of hydrogen-bond donors (Lipinski definition) is 1. The van der Waals surface area contributed by atoms with E-state index in [0.29, 0.717) is 12.4 Å². The molecule has 1 aromatic carbocycles. The summed E-state index contributed by atoms with van der Waals surface area (Å²) < 4.78 is 21.4. The second-order valence-electron chi connectivity index (χ2n) is 8.22. The summed E-state index contributed by atoms with van der Waals surface area (Å²) in [6.07, 6.45) is 3.91. The van der Waals surface area contributed by atoms with Crippen LogP contribution >= 0.6 is 0 Å². The number of pyridine rings is 2. The van der Waals surface area contributed by atoms with E-state index in [2.05, 4.69) is 49.9 Å². The number of fused-ring (bicyclic) bond motifs is 1.